The van der Waals surface area contributed by atoms with Crippen molar-refractivity contribution in [1.29, 1.82) is 0 Å². The maximum Gasteiger partial charge on any atom is 0.220 e. The minimum Gasteiger partial charge on any atom is -0.497 e. The van der Waals surface area contributed by atoms with Crippen molar-refractivity contribution >= 4 is 5.91 Å². The van der Waals surface area contributed by atoms with E-state index in [0.717, 1.165) is 37.0 Å². The number of carbonyl (C=O) groups excluding carboxylic acids is 1. The van der Waals surface area contributed by atoms with Gasteiger partial charge in [0.05, 0.1) is 20.3 Å². The summed E-state index contributed by atoms with van der Waals surface area (Å²) in [6.45, 7) is 0. The molecule has 1 aromatic carbocycles. The Labute approximate surface area is 161 Å². The van der Waals surface area contributed by atoms with Crippen LogP contribution < -0.4 is 14.8 Å². The molecule has 5 rings (SSSR count). The number of aliphatic hydroxyl groups is 1. The molecule has 0 radical (unpaired) electrons. The summed E-state index contributed by atoms with van der Waals surface area (Å²) >= 11 is 0. The average Bonchev–Trinajstić information content (AvgIpc) is 2.64. The van der Waals surface area contributed by atoms with Crippen LogP contribution in [-0.4, -0.2) is 30.8 Å². The van der Waals surface area contributed by atoms with E-state index >= 15 is 0 Å². The van der Waals surface area contributed by atoms with E-state index in [2.05, 4.69) is 5.32 Å². The van der Waals surface area contributed by atoms with Gasteiger partial charge in [-0.25, -0.2) is 0 Å². The van der Waals surface area contributed by atoms with E-state index in [-0.39, 0.29) is 11.4 Å². The Kier molecular flexibility index (Phi) is 5.06. The van der Waals surface area contributed by atoms with Gasteiger partial charge in [-0.05, 0) is 74.8 Å². The number of hydrogen-bond donors (Lipinski definition) is 2. The lowest BCUT2D eigenvalue weighted by atomic mass is 9.53. The molecule has 2 N–H and O–H groups in total. The van der Waals surface area contributed by atoms with Gasteiger partial charge in [0.15, 0.2) is 0 Å². The summed E-state index contributed by atoms with van der Waals surface area (Å²) in [5, 5.41) is 14.0. The average molecular weight is 373 g/mol. The van der Waals surface area contributed by atoms with Gasteiger partial charge in [0.25, 0.3) is 0 Å². The van der Waals surface area contributed by atoms with Crippen LogP contribution in [0.25, 0.3) is 0 Å². The monoisotopic (exact) mass is 373 g/mol. The Morgan fingerprint density at radius 3 is 2.33 bits per heavy atom. The highest BCUT2D eigenvalue weighted by molar-refractivity contribution is 5.77. The van der Waals surface area contributed by atoms with Crippen LogP contribution >= 0.6 is 0 Å². The van der Waals surface area contributed by atoms with Crippen LogP contribution in [-0.2, 0) is 4.79 Å². The highest BCUT2D eigenvalue weighted by Crippen LogP contribution is 2.55. The Hall–Kier alpha value is -1.75. The molecule has 1 amide bonds. The van der Waals surface area contributed by atoms with E-state index < -0.39 is 6.10 Å². The van der Waals surface area contributed by atoms with Crippen molar-refractivity contribution in [3.05, 3.63) is 23.8 Å². The molecular weight excluding hydrogens is 342 g/mol. The molecule has 1 aromatic rings. The van der Waals surface area contributed by atoms with Gasteiger partial charge in [0.1, 0.15) is 11.5 Å². The quantitative estimate of drug-likeness (QED) is 0.766. The molecule has 4 fully saturated rings. The third-order valence-corrected chi connectivity index (χ3v) is 6.89. The number of aliphatic hydroxyl groups excluding tert-OH is 1. The molecule has 0 aromatic heterocycles. The lowest BCUT2D eigenvalue weighted by Gasteiger charge is -2.57. The van der Waals surface area contributed by atoms with E-state index in [1.54, 1.807) is 32.4 Å². The van der Waals surface area contributed by atoms with Crippen molar-refractivity contribution in [2.45, 2.75) is 63.0 Å². The van der Waals surface area contributed by atoms with Gasteiger partial charge in [-0.2, -0.15) is 0 Å². The first-order valence-electron chi connectivity index (χ1n) is 10.2. The van der Waals surface area contributed by atoms with Gasteiger partial charge in [0, 0.05) is 23.6 Å². The summed E-state index contributed by atoms with van der Waals surface area (Å²) in [5.41, 5.74) is 0.732. The molecule has 148 valence electrons. The third-order valence-electron chi connectivity index (χ3n) is 6.89. The highest BCUT2D eigenvalue weighted by Gasteiger charge is 2.51. The van der Waals surface area contributed by atoms with Gasteiger partial charge in [-0.15, -0.1) is 0 Å². The van der Waals surface area contributed by atoms with Gasteiger partial charge >= 0.3 is 0 Å². The Bertz CT molecular complexity index is 666. The molecule has 1 atom stereocenters. The number of hydrogen-bond acceptors (Lipinski definition) is 4. The number of nitrogens with one attached hydrogen (secondary N) is 1. The fourth-order valence-corrected chi connectivity index (χ4v) is 6.14. The zero-order valence-corrected chi connectivity index (χ0v) is 16.4. The number of rotatable bonds is 7. The number of methoxy groups -OCH3 is 2. The van der Waals surface area contributed by atoms with Crippen LogP contribution in [0.4, 0.5) is 0 Å². The van der Waals surface area contributed by atoms with Crippen LogP contribution in [0.1, 0.15) is 63.0 Å². The molecular formula is C22H31NO4. The third kappa shape index (κ3) is 3.79. The predicted octanol–water partition coefficient (Wildman–Crippen LogP) is 3.60. The Morgan fingerprint density at radius 2 is 1.78 bits per heavy atom. The molecule has 27 heavy (non-hydrogen) atoms. The molecule has 0 saturated heterocycles. The van der Waals surface area contributed by atoms with E-state index in [9.17, 15) is 9.90 Å². The first kappa shape index (κ1) is 18.6. The van der Waals surface area contributed by atoms with Crippen LogP contribution in [0.3, 0.4) is 0 Å². The maximum atomic E-state index is 12.6. The molecule has 5 nitrogen and oxygen atoms in total. The number of carbonyl (C=O) groups is 1. The summed E-state index contributed by atoms with van der Waals surface area (Å²) in [5.74, 6) is 3.77. The first-order chi connectivity index (χ1) is 13.0. The Balaban J connectivity index is 1.34. The molecule has 0 aliphatic heterocycles. The highest BCUT2D eigenvalue weighted by atomic mass is 16.5. The molecule has 5 heteroatoms. The maximum absolute atomic E-state index is 12.6. The second-order valence-corrected chi connectivity index (χ2v) is 8.91. The minimum absolute atomic E-state index is 0.0363. The summed E-state index contributed by atoms with van der Waals surface area (Å²) in [7, 11) is 3.17. The molecule has 4 saturated carbocycles. The van der Waals surface area contributed by atoms with Crippen molar-refractivity contribution in [3.63, 3.8) is 0 Å². The second-order valence-electron chi connectivity index (χ2n) is 8.91. The number of amides is 1. The van der Waals surface area contributed by atoms with Crippen LogP contribution in [0.15, 0.2) is 18.2 Å². The minimum atomic E-state index is -0.729. The van der Waals surface area contributed by atoms with Gasteiger partial charge in [0.2, 0.25) is 5.91 Å². The molecule has 4 aliphatic carbocycles. The van der Waals surface area contributed by atoms with Crippen molar-refractivity contribution in [2.24, 2.45) is 17.8 Å². The second kappa shape index (κ2) is 7.34. The van der Waals surface area contributed by atoms with Crippen molar-refractivity contribution in [1.82, 2.24) is 5.32 Å². The Morgan fingerprint density at radius 1 is 1.15 bits per heavy atom. The molecule has 4 bridgehead atoms. The lowest BCUT2D eigenvalue weighted by Crippen LogP contribution is -2.59. The van der Waals surface area contributed by atoms with E-state index in [4.69, 9.17) is 9.47 Å². The fourth-order valence-electron chi connectivity index (χ4n) is 6.14. The molecule has 0 heterocycles. The zero-order chi connectivity index (χ0) is 19.0. The number of benzene rings is 1. The van der Waals surface area contributed by atoms with Crippen molar-refractivity contribution < 1.29 is 19.4 Å². The standard InChI is InChI=1S/C22H31NO4/c1-26-17-3-4-18(20(10-17)27-2)19(24)5-6-21(25)23-22-11-14-7-15(12-22)9-16(8-14)13-22/h3-4,10,14-16,19,24H,5-9,11-13H2,1-2H3,(H,23,25). The van der Waals surface area contributed by atoms with E-state index in [1.165, 1.54) is 19.3 Å². The van der Waals surface area contributed by atoms with Crippen LogP contribution in [0, 0.1) is 17.8 Å². The van der Waals surface area contributed by atoms with Crippen molar-refractivity contribution in [3.8, 4) is 11.5 Å². The first-order valence-corrected chi connectivity index (χ1v) is 10.2. The topological polar surface area (TPSA) is 67.8 Å². The normalized spacial score (nSPS) is 32.2. The van der Waals surface area contributed by atoms with Crippen LogP contribution in [0.2, 0.25) is 0 Å². The SMILES string of the molecule is COc1ccc(C(O)CCC(=O)NC23CC4CC(CC(C4)C2)C3)c(OC)c1. The van der Waals surface area contributed by atoms with Crippen LogP contribution in [0.5, 0.6) is 11.5 Å². The van der Waals surface area contributed by atoms with Gasteiger partial charge in [-0.1, -0.05) is 0 Å². The molecule has 1 unspecified atom stereocenters. The lowest BCUT2D eigenvalue weighted by molar-refractivity contribution is -0.127. The summed E-state index contributed by atoms with van der Waals surface area (Å²) in [4.78, 5) is 12.6. The largest absolute Gasteiger partial charge is 0.497 e. The summed E-state index contributed by atoms with van der Waals surface area (Å²) in [6.07, 6.45) is 7.55. The molecule has 0 spiro atoms. The summed E-state index contributed by atoms with van der Waals surface area (Å²) in [6, 6.07) is 5.37. The van der Waals surface area contributed by atoms with Gasteiger partial charge in [-0.3, -0.25) is 4.79 Å². The fraction of sp³-hybridized carbons (Fsp3) is 0.682. The number of ether oxygens (including phenoxy) is 2. The van der Waals surface area contributed by atoms with Crippen molar-refractivity contribution in [2.75, 3.05) is 14.2 Å². The molecule has 4 aliphatic rings. The zero-order valence-electron chi connectivity index (χ0n) is 16.4. The van der Waals surface area contributed by atoms with Gasteiger partial charge < -0.3 is 19.9 Å². The van der Waals surface area contributed by atoms with E-state index in [0.29, 0.717) is 29.9 Å². The van der Waals surface area contributed by atoms with E-state index in [1.807, 2.05) is 0 Å². The smallest absolute Gasteiger partial charge is 0.220 e. The summed E-state index contributed by atoms with van der Waals surface area (Å²) < 4.78 is 10.6. The predicted molar refractivity (Wildman–Crippen MR) is 103 cm³/mol.